The van der Waals surface area contributed by atoms with E-state index >= 15 is 0 Å². The molecule has 0 N–H and O–H groups in total. The van der Waals surface area contributed by atoms with Gasteiger partial charge in [0.2, 0.25) is 0 Å². The van der Waals surface area contributed by atoms with Crippen molar-refractivity contribution in [3.8, 4) is 0 Å². The predicted molar refractivity (Wildman–Crippen MR) is 77.9 cm³/mol. The lowest BCUT2D eigenvalue weighted by Gasteiger charge is -2.15. The highest BCUT2D eigenvalue weighted by Crippen LogP contribution is 2.19. The molecule has 2 aromatic rings. The van der Waals surface area contributed by atoms with E-state index in [2.05, 4.69) is 0 Å². The summed E-state index contributed by atoms with van der Waals surface area (Å²) in [6.45, 7) is -0.175. The quantitative estimate of drug-likeness (QED) is 0.797. The number of esters is 2. The average molecular weight is 302 g/mol. The van der Waals surface area contributed by atoms with Crippen LogP contribution in [0.2, 0.25) is 0 Å². The second-order valence-corrected chi connectivity index (χ2v) is 4.59. The van der Waals surface area contributed by atoms with Crippen molar-refractivity contribution in [3.63, 3.8) is 0 Å². The topological polar surface area (TPSA) is 52.6 Å². The molecule has 0 radical (unpaired) electrons. The van der Waals surface area contributed by atoms with Crippen LogP contribution < -0.4 is 0 Å². The van der Waals surface area contributed by atoms with Crippen LogP contribution in [0.25, 0.3) is 0 Å². The van der Waals surface area contributed by atoms with E-state index in [0.717, 1.165) is 0 Å². The van der Waals surface area contributed by atoms with Crippen LogP contribution in [-0.4, -0.2) is 25.7 Å². The highest BCUT2D eigenvalue weighted by molar-refractivity contribution is 5.89. The van der Waals surface area contributed by atoms with E-state index in [1.54, 1.807) is 30.3 Å². The molecule has 0 fully saturated rings. The number of rotatable bonds is 5. The molecule has 5 heteroatoms. The molecule has 2 aromatic carbocycles. The highest BCUT2D eigenvalue weighted by atomic mass is 19.1. The summed E-state index contributed by atoms with van der Waals surface area (Å²) in [5.41, 5.74) is 0.916. The minimum atomic E-state index is -0.793. The summed E-state index contributed by atoms with van der Waals surface area (Å²) in [5.74, 6) is -2.28. The van der Waals surface area contributed by atoms with Crippen molar-refractivity contribution in [2.75, 3.05) is 13.7 Å². The molecule has 0 bridgehead atoms. The molecule has 0 unspecified atom stereocenters. The summed E-state index contributed by atoms with van der Waals surface area (Å²) in [4.78, 5) is 23.8. The first-order chi connectivity index (χ1) is 10.6. The highest BCUT2D eigenvalue weighted by Gasteiger charge is 2.23. The maximum absolute atomic E-state index is 13.0. The molecule has 0 spiro atoms. The van der Waals surface area contributed by atoms with E-state index in [1.165, 1.54) is 31.4 Å². The van der Waals surface area contributed by atoms with Crippen LogP contribution in [0.3, 0.4) is 0 Å². The summed E-state index contributed by atoms with van der Waals surface area (Å²) in [6.07, 6.45) is 0. The van der Waals surface area contributed by atoms with Crippen LogP contribution in [0.1, 0.15) is 21.8 Å². The summed E-state index contributed by atoms with van der Waals surface area (Å²) < 4.78 is 22.8. The van der Waals surface area contributed by atoms with Gasteiger partial charge in [-0.3, -0.25) is 4.79 Å². The third-order valence-electron chi connectivity index (χ3n) is 3.15. The number of carbonyl (C=O) groups is 2. The molecule has 0 aromatic heterocycles. The summed E-state index contributed by atoms with van der Waals surface area (Å²) in [5, 5.41) is 0. The van der Waals surface area contributed by atoms with Crippen LogP contribution in [-0.2, 0) is 14.3 Å². The molecule has 0 aliphatic carbocycles. The maximum atomic E-state index is 13.0. The smallest absolute Gasteiger partial charge is 0.338 e. The number of methoxy groups -OCH3 is 1. The minimum absolute atomic E-state index is 0.175. The van der Waals surface area contributed by atoms with Gasteiger partial charge in [0, 0.05) is 0 Å². The van der Waals surface area contributed by atoms with E-state index in [4.69, 9.17) is 9.47 Å². The van der Waals surface area contributed by atoms with Gasteiger partial charge < -0.3 is 9.47 Å². The molecule has 0 aliphatic heterocycles. The van der Waals surface area contributed by atoms with Crippen LogP contribution in [0.15, 0.2) is 54.6 Å². The van der Waals surface area contributed by atoms with Gasteiger partial charge in [0.1, 0.15) is 18.3 Å². The van der Waals surface area contributed by atoms with Crippen molar-refractivity contribution in [2.45, 2.75) is 5.92 Å². The molecule has 0 aliphatic rings. The number of hydrogen-bond donors (Lipinski definition) is 0. The van der Waals surface area contributed by atoms with E-state index in [0.29, 0.717) is 11.1 Å². The van der Waals surface area contributed by atoms with Crippen LogP contribution in [0.4, 0.5) is 4.39 Å². The van der Waals surface area contributed by atoms with E-state index in [1.807, 2.05) is 0 Å². The largest absolute Gasteiger partial charge is 0.468 e. The standard InChI is InChI=1S/C17H15FO4/c1-21-17(20)15(12-7-9-14(18)10-8-12)11-22-16(19)13-5-3-2-4-6-13/h2-10,15H,11H2,1H3/t15-/m1/s1. The Balaban J connectivity index is 2.09. The Morgan fingerprint density at radius 3 is 2.27 bits per heavy atom. The summed E-state index contributed by atoms with van der Waals surface area (Å²) >= 11 is 0. The van der Waals surface area contributed by atoms with Crippen LogP contribution in [0, 0.1) is 5.82 Å². The second-order valence-electron chi connectivity index (χ2n) is 4.59. The monoisotopic (exact) mass is 302 g/mol. The molecule has 2 rings (SSSR count). The lowest BCUT2D eigenvalue weighted by molar-refractivity contribution is -0.143. The van der Waals surface area contributed by atoms with Crippen molar-refractivity contribution in [1.29, 1.82) is 0 Å². The normalized spacial score (nSPS) is 11.5. The molecule has 114 valence electrons. The maximum Gasteiger partial charge on any atom is 0.338 e. The summed E-state index contributed by atoms with van der Waals surface area (Å²) in [7, 11) is 1.25. The zero-order valence-corrected chi connectivity index (χ0v) is 12.0. The molecule has 0 saturated heterocycles. The molecule has 4 nitrogen and oxygen atoms in total. The predicted octanol–water partition coefficient (Wildman–Crippen LogP) is 2.94. The Bertz CT molecular complexity index is 637. The first-order valence-electron chi connectivity index (χ1n) is 6.67. The fraction of sp³-hybridized carbons (Fsp3) is 0.176. The van der Waals surface area contributed by atoms with Crippen molar-refractivity contribution < 1.29 is 23.5 Å². The third kappa shape index (κ3) is 3.91. The lowest BCUT2D eigenvalue weighted by atomic mass is 10.0. The molecule has 0 amide bonds. The van der Waals surface area contributed by atoms with E-state index in [-0.39, 0.29) is 6.61 Å². The van der Waals surface area contributed by atoms with Crippen molar-refractivity contribution in [3.05, 3.63) is 71.5 Å². The van der Waals surface area contributed by atoms with Gasteiger partial charge in [0.05, 0.1) is 12.7 Å². The number of halogens is 1. The van der Waals surface area contributed by atoms with Gasteiger partial charge in [0.15, 0.2) is 0 Å². The molecule has 22 heavy (non-hydrogen) atoms. The zero-order valence-electron chi connectivity index (χ0n) is 12.0. The Morgan fingerprint density at radius 1 is 1.05 bits per heavy atom. The van der Waals surface area contributed by atoms with Crippen molar-refractivity contribution >= 4 is 11.9 Å². The van der Waals surface area contributed by atoms with Crippen molar-refractivity contribution in [2.24, 2.45) is 0 Å². The average Bonchev–Trinajstić information content (AvgIpc) is 2.56. The van der Waals surface area contributed by atoms with Gasteiger partial charge in [-0.2, -0.15) is 0 Å². The molecule has 1 atom stereocenters. The Labute approximate surface area is 127 Å². The Hall–Kier alpha value is -2.69. The number of ether oxygens (including phenoxy) is 2. The van der Waals surface area contributed by atoms with Gasteiger partial charge in [-0.05, 0) is 29.8 Å². The zero-order chi connectivity index (χ0) is 15.9. The number of hydrogen-bond acceptors (Lipinski definition) is 4. The van der Waals surface area contributed by atoms with Gasteiger partial charge in [-0.15, -0.1) is 0 Å². The minimum Gasteiger partial charge on any atom is -0.468 e. The number of benzene rings is 2. The molecule has 0 heterocycles. The third-order valence-corrected chi connectivity index (χ3v) is 3.15. The Kier molecular flexibility index (Phi) is 5.25. The van der Waals surface area contributed by atoms with Crippen LogP contribution in [0.5, 0.6) is 0 Å². The van der Waals surface area contributed by atoms with Crippen molar-refractivity contribution in [1.82, 2.24) is 0 Å². The van der Waals surface area contributed by atoms with E-state index in [9.17, 15) is 14.0 Å². The Morgan fingerprint density at radius 2 is 1.68 bits per heavy atom. The SMILES string of the molecule is COC(=O)[C@H](COC(=O)c1ccccc1)c1ccc(F)cc1. The molecular weight excluding hydrogens is 287 g/mol. The first kappa shape index (κ1) is 15.7. The van der Waals surface area contributed by atoms with Gasteiger partial charge in [-0.25, -0.2) is 9.18 Å². The molecule has 0 saturated carbocycles. The number of carbonyl (C=O) groups excluding carboxylic acids is 2. The first-order valence-corrected chi connectivity index (χ1v) is 6.67. The fourth-order valence-corrected chi connectivity index (χ4v) is 1.95. The summed E-state index contributed by atoms with van der Waals surface area (Å²) in [6, 6.07) is 13.9. The second kappa shape index (κ2) is 7.36. The lowest BCUT2D eigenvalue weighted by Crippen LogP contribution is -2.21. The van der Waals surface area contributed by atoms with Gasteiger partial charge >= 0.3 is 11.9 Å². The van der Waals surface area contributed by atoms with Gasteiger partial charge in [-0.1, -0.05) is 30.3 Å². The fourth-order valence-electron chi connectivity index (χ4n) is 1.95. The molecular formula is C17H15FO4. The van der Waals surface area contributed by atoms with Crippen LogP contribution >= 0.6 is 0 Å². The van der Waals surface area contributed by atoms with E-state index < -0.39 is 23.7 Å². The van der Waals surface area contributed by atoms with Gasteiger partial charge in [0.25, 0.3) is 0 Å².